The van der Waals surface area contributed by atoms with Gasteiger partial charge >= 0.3 is 7.60 Å². The molecule has 0 saturated carbocycles. The molecule has 0 unspecified atom stereocenters. The van der Waals surface area contributed by atoms with Gasteiger partial charge in [0.1, 0.15) is 6.16 Å². The van der Waals surface area contributed by atoms with Crippen molar-refractivity contribution < 1.29 is 18.4 Å². The van der Waals surface area contributed by atoms with Crippen molar-refractivity contribution in [1.29, 1.82) is 0 Å². The number of rotatable bonds is 5. The van der Waals surface area contributed by atoms with E-state index in [0.717, 1.165) is 5.56 Å². The van der Waals surface area contributed by atoms with Gasteiger partial charge in [-0.15, -0.1) is 0 Å². The number of aryl methyl sites for hydroxylation is 1. The molecule has 0 atom stereocenters. The molecule has 1 rings (SSSR count). The van der Waals surface area contributed by atoms with Gasteiger partial charge < -0.3 is 9.05 Å². The minimum Gasteiger partial charge on any atom is -0.312 e. The number of carbonyl (C=O) groups excluding carboxylic acids is 1. The zero-order valence-corrected chi connectivity index (χ0v) is 10.5. The first-order valence-electron chi connectivity index (χ1n) is 4.82. The van der Waals surface area contributed by atoms with Crippen LogP contribution in [0.5, 0.6) is 0 Å². The zero-order chi connectivity index (χ0) is 12.2. The summed E-state index contributed by atoms with van der Waals surface area (Å²) in [5.41, 5.74) is 1.41. The highest BCUT2D eigenvalue weighted by molar-refractivity contribution is 7.54. The van der Waals surface area contributed by atoms with Crippen LogP contribution in [0.25, 0.3) is 0 Å². The molecule has 0 aliphatic carbocycles. The van der Waals surface area contributed by atoms with Crippen LogP contribution in [0, 0.1) is 6.92 Å². The summed E-state index contributed by atoms with van der Waals surface area (Å²) in [5.74, 6) is -0.231. The van der Waals surface area contributed by atoms with Gasteiger partial charge in [-0.25, -0.2) is 0 Å². The lowest BCUT2D eigenvalue weighted by Crippen LogP contribution is -2.09. The van der Waals surface area contributed by atoms with Gasteiger partial charge in [-0.2, -0.15) is 0 Å². The van der Waals surface area contributed by atoms with E-state index < -0.39 is 7.60 Å². The van der Waals surface area contributed by atoms with Crippen LogP contribution in [0.4, 0.5) is 0 Å². The van der Waals surface area contributed by atoms with Crippen LogP contribution in [0.15, 0.2) is 24.3 Å². The van der Waals surface area contributed by atoms with Crippen molar-refractivity contribution >= 4 is 13.4 Å². The SMILES string of the molecule is COP(=O)(CC(=O)c1ccccc1C)OC. The number of carbonyl (C=O) groups is 1. The molecule has 0 aliphatic heterocycles. The van der Waals surface area contributed by atoms with Crippen molar-refractivity contribution in [3.8, 4) is 0 Å². The first kappa shape index (κ1) is 13.1. The summed E-state index contributed by atoms with van der Waals surface area (Å²) in [6, 6.07) is 7.15. The Labute approximate surface area is 95.1 Å². The fourth-order valence-corrected chi connectivity index (χ4v) is 2.28. The Balaban J connectivity index is 2.89. The third-order valence-electron chi connectivity index (χ3n) is 2.34. The molecule has 0 saturated heterocycles. The topological polar surface area (TPSA) is 52.6 Å². The molecule has 88 valence electrons. The fourth-order valence-electron chi connectivity index (χ4n) is 1.35. The largest absolute Gasteiger partial charge is 0.337 e. The van der Waals surface area contributed by atoms with Crippen LogP contribution >= 0.6 is 7.60 Å². The predicted molar refractivity (Wildman–Crippen MR) is 62.0 cm³/mol. The maximum Gasteiger partial charge on any atom is 0.337 e. The molecule has 1 aromatic rings. The van der Waals surface area contributed by atoms with E-state index in [1.165, 1.54) is 14.2 Å². The van der Waals surface area contributed by atoms with Crippen molar-refractivity contribution in [2.75, 3.05) is 20.4 Å². The monoisotopic (exact) mass is 242 g/mol. The van der Waals surface area contributed by atoms with Gasteiger partial charge in [0.05, 0.1) is 0 Å². The van der Waals surface area contributed by atoms with Crippen LogP contribution < -0.4 is 0 Å². The molecule has 0 fully saturated rings. The van der Waals surface area contributed by atoms with E-state index in [2.05, 4.69) is 0 Å². The fraction of sp³-hybridized carbons (Fsp3) is 0.364. The summed E-state index contributed by atoms with van der Waals surface area (Å²) >= 11 is 0. The quantitative estimate of drug-likeness (QED) is 0.588. The summed E-state index contributed by atoms with van der Waals surface area (Å²) in [6.07, 6.45) is -0.231. The number of ketones is 1. The smallest absolute Gasteiger partial charge is 0.312 e. The normalized spacial score (nSPS) is 11.4. The molecule has 0 aromatic heterocycles. The van der Waals surface area contributed by atoms with Crippen molar-refractivity contribution in [3.63, 3.8) is 0 Å². The van der Waals surface area contributed by atoms with E-state index in [9.17, 15) is 9.36 Å². The highest BCUT2D eigenvalue weighted by Crippen LogP contribution is 2.46. The first-order valence-corrected chi connectivity index (χ1v) is 6.54. The van der Waals surface area contributed by atoms with E-state index in [-0.39, 0.29) is 11.9 Å². The Morgan fingerprint density at radius 1 is 1.25 bits per heavy atom. The Kier molecular flexibility index (Phi) is 4.42. The molecule has 0 aliphatic rings. The second-order valence-corrected chi connectivity index (χ2v) is 5.64. The molecule has 0 amide bonds. The zero-order valence-electron chi connectivity index (χ0n) is 9.60. The number of Topliss-reactive ketones (excluding diaryl/α,β-unsaturated/α-hetero) is 1. The average Bonchev–Trinajstić information content (AvgIpc) is 2.29. The maximum atomic E-state index is 11.9. The van der Waals surface area contributed by atoms with E-state index in [0.29, 0.717) is 5.56 Å². The summed E-state index contributed by atoms with van der Waals surface area (Å²) in [7, 11) is -0.726. The molecule has 0 radical (unpaired) electrons. The van der Waals surface area contributed by atoms with Crippen molar-refractivity contribution in [2.45, 2.75) is 6.92 Å². The summed E-state index contributed by atoms with van der Waals surface area (Å²) < 4.78 is 21.2. The van der Waals surface area contributed by atoms with Gasteiger partial charge in [-0.3, -0.25) is 9.36 Å². The first-order chi connectivity index (χ1) is 7.52. The minimum absolute atomic E-state index is 0.231. The standard InChI is InChI=1S/C11H15O4P/c1-9-6-4-5-7-10(9)11(12)8-16(13,14-2)15-3/h4-7H,8H2,1-3H3. The van der Waals surface area contributed by atoms with E-state index in [1.807, 2.05) is 19.1 Å². The Morgan fingerprint density at radius 2 is 1.81 bits per heavy atom. The molecule has 0 bridgehead atoms. The molecule has 1 aromatic carbocycles. The van der Waals surface area contributed by atoms with E-state index in [1.54, 1.807) is 12.1 Å². The van der Waals surface area contributed by atoms with Gasteiger partial charge in [0.15, 0.2) is 5.78 Å². The molecule has 4 nitrogen and oxygen atoms in total. The maximum absolute atomic E-state index is 11.9. The van der Waals surface area contributed by atoms with E-state index in [4.69, 9.17) is 9.05 Å². The molecule has 5 heteroatoms. The second kappa shape index (κ2) is 5.39. The van der Waals surface area contributed by atoms with Gasteiger partial charge in [-0.1, -0.05) is 24.3 Å². The molecular weight excluding hydrogens is 227 g/mol. The number of benzene rings is 1. The van der Waals surface area contributed by atoms with Crippen molar-refractivity contribution in [3.05, 3.63) is 35.4 Å². The van der Waals surface area contributed by atoms with E-state index >= 15 is 0 Å². The summed E-state index contributed by atoms with van der Waals surface area (Å²) in [4.78, 5) is 11.9. The Hall–Kier alpha value is -0.960. The molecule has 0 N–H and O–H groups in total. The Morgan fingerprint density at radius 3 is 2.31 bits per heavy atom. The lowest BCUT2D eigenvalue weighted by atomic mass is 10.1. The summed E-state index contributed by atoms with van der Waals surface area (Å²) in [6.45, 7) is 1.83. The Bertz CT molecular complexity index is 420. The predicted octanol–water partition coefficient (Wildman–Crippen LogP) is 2.66. The summed E-state index contributed by atoms with van der Waals surface area (Å²) in [5, 5.41) is 0. The van der Waals surface area contributed by atoms with Crippen LogP contribution in [0.3, 0.4) is 0 Å². The van der Waals surface area contributed by atoms with Crippen LogP contribution in [0.2, 0.25) is 0 Å². The molecule has 16 heavy (non-hydrogen) atoms. The molecule has 0 heterocycles. The van der Waals surface area contributed by atoms with Crippen LogP contribution in [0.1, 0.15) is 15.9 Å². The minimum atomic E-state index is -3.27. The van der Waals surface area contributed by atoms with Crippen LogP contribution in [-0.2, 0) is 13.6 Å². The van der Waals surface area contributed by atoms with Crippen molar-refractivity contribution in [2.24, 2.45) is 0 Å². The third kappa shape index (κ3) is 3.01. The highest BCUT2D eigenvalue weighted by Gasteiger charge is 2.26. The van der Waals surface area contributed by atoms with Gasteiger partial charge in [-0.05, 0) is 12.5 Å². The van der Waals surface area contributed by atoms with Gasteiger partial charge in [0, 0.05) is 19.8 Å². The van der Waals surface area contributed by atoms with Crippen LogP contribution in [-0.4, -0.2) is 26.2 Å². The second-order valence-electron chi connectivity index (χ2n) is 3.37. The average molecular weight is 242 g/mol. The molecular formula is C11H15O4P. The third-order valence-corrected chi connectivity index (χ3v) is 4.13. The van der Waals surface area contributed by atoms with Gasteiger partial charge in [0.2, 0.25) is 0 Å². The number of hydrogen-bond donors (Lipinski definition) is 0. The highest BCUT2D eigenvalue weighted by atomic mass is 31.2. The lowest BCUT2D eigenvalue weighted by molar-refractivity contribution is 0.101. The molecule has 0 spiro atoms. The van der Waals surface area contributed by atoms with Gasteiger partial charge in [0.25, 0.3) is 0 Å². The number of hydrogen-bond acceptors (Lipinski definition) is 4. The van der Waals surface area contributed by atoms with Crippen molar-refractivity contribution in [1.82, 2.24) is 0 Å². The lowest BCUT2D eigenvalue weighted by Gasteiger charge is -2.13.